The van der Waals surface area contributed by atoms with Gasteiger partial charge in [0, 0.05) is 11.0 Å². The first-order valence-corrected chi connectivity index (χ1v) is 7.91. The average Bonchev–Trinajstić information content (AvgIpc) is 2.32. The Morgan fingerprint density at radius 2 is 1.65 bits per heavy atom. The summed E-state index contributed by atoms with van der Waals surface area (Å²) >= 11 is 2.55. The molecule has 0 radical (unpaired) electrons. The first-order chi connectivity index (χ1) is 8.34. The highest BCUT2D eigenvalue weighted by Crippen LogP contribution is 2.25. The molecule has 0 aromatic heterocycles. The Morgan fingerprint density at radius 3 is 2.41 bits per heavy atom. The van der Waals surface area contributed by atoms with E-state index in [0.29, 0.717) is 36.5 Å². The maximum Gasteiger partial charge on any atom is 0.0704 e. The van der Waals surface area contributed by atoms with Crippen LogP contribution in [0, 0.1) is 0 Å². The second-order valence-corrected chi connectivity index (χ2v) is 6.12. The van der Waals surface area contributed by atoms with Crippen LogP contribution in [0.1, 0.15) is 38.5 Å². The minimum atomic E-state index is 0.432. The maximum atomic E-state index is 5.94. The Bertz CT molecular complexity index is 178. The van der Waals surface area contributed by atoms with Gasteiger partial charge >= 0.3 is 0 Å². The van der Waals surface area contributed by atoms with Gasteiger partial charge in [-0.15, -0.1) is 0 Å². The van der Waals surface area contributed by atoms with Gasteiger partial charge in [0.1, 0.15) is 0 Å². The first kappa shape index (κ1) is 15.7. The van der Waals surface area contributed by atoms with Crippen molar-refractivity contribution in [2.45, 2.75) is 48.6 Å². The average molecular weight is 356 g/mol. The lowest BCUT2D eigenvalue weighted by atomic mass is 9.98. The smallest absolute Gasteiger partial charge is 0.0704 e. The summed E-state index contributed by atoms with van der Waals surface area (Å²) in [5.41, 5.74) is 0. The summed E-state index contributed by atoms with van der Waals surface area (Å²) in [6.45, 7) is 2.73. The van der Waals surface area contributed by atoms with Crippen molar-refractivity contribution in [1.82, 2.24) is 0 Å². The van der Waals surface area contributed by atoms with E-state index in [1.165, 1.54) is 38.5 Å². The number of ether oxygens (including phenoxy) is 3. The van der Waals surface area contributed by atoms with Gasteiger partial charge in [-0.1, -0.05) is 48.3 Å². The predicted molar refractivity (Wildman–Crippen MR) is 77.9 cm³/mol. The van der Waals surface area contributed by atoms with E-state index in [1.807, 2.05) is 0 Å². The maximum absolute atomic E-state index is 5.94. The summed E-state index contributed by atoms with van der Waals surface area (Å²) in [5, 5.41) is 0. The summed E-state index contributed by atoms with van der Waals surface area (Å²) in [6.07, 6.45) is 8.38. The van der Waals surface area contributed by atoms with Crippen LogP contribution in [0.3, 0.4) is 0 Å². The lowest BCUT2D eigenvalue weighted by molar-refractivity contribution is -0.0106. The van der Waals surface area contributed by atoms with Gasteiger partial charge < -0.3 is 14.2 Å². The lowest BCUT2D eigenvalue weighted by Crippen LogP contribution is -2.27. The molecule has 4 heteroatoms. The van der Waals surface area contributed by atoms with Crippen LogP contribution in [0.2, 0.25) is 0 Å². The van der Waals surface area contributed by atoms with Crippen LogP contribution in [0.4, 0.5) is 0 Å². The Kier molecular flexibility index (Phi) is 9.70. The molecule has 0 bridgehead atoms. The third-order valence-electron chi connectivity index (χ3n) is 3.11. The van der Waals surface area contributed by atoms with Crippen LogP contribution in [0.15, 0.2) is 0 Å². The predicted octanol–water partition coefficient (Wildman–Crippen LogP) is 3.19. The largest absolute Gasteiger partial charge is 0.382 e. The highest BCUT2D eigenvalue weighted by Gasteiger charge is 2.20. The highest BCUT2D eigenvalue weighted by atomic mass is 127. The molecule has 0 N–H and O–H groups in total. The van der Waals surface area contributed by atoms with E-state index in [0.717, 1.165) is 0 Å². The number of rotatable bonds is 7. The molecule has 3 nitrogen and oxygen atoms in total. The van der Waals surface area contributed by atoms with Crippen molar-refractivity contribution in [3.63, 3.8) is 0 Å². The summed E-state index contributed by atoms with van der Waals surface area (Å²) in [6, 6.07) is 0. The van der Waals surface area contributed by atoms with E-state index >= 15 is 0 Å². The molecule has 1 saturated carbocycles. The molecule has 0 aromatic carbocycles. The molecular weight excluding hydrogens is 331 g/mol. The van der Waals surface area contributed by atoms with Gasteiger partial charge in [0.15, 0.2) is 0 Å². The minimum Gasteiger partial charge on any atom is -0.382 e. The van der Waals surface area contributed by atoms with Crippen molar-refractivity contribution in [2.75, 3.05) is 33.5 Å². The monoisotopic (exact) mass is 356 g/mol. The van der Waals surface area contributed by atoms with Crippen LogP contribution in [-0.2, 0) is 14.2 Å². The zero-order valence-corrected chi connectivity index (χ0v) is 13.0. The standard InChI is InChI=1S/C13H25IO3/c1-15-8-9-16-10-11-17-13-7-5-3-2-4-6-12(13)14/h12-13H,2-11H2,1H3. The van der Waals surface area contributed by atoms with Gasteiger partial charge in [-0.3, -0.25) is 0 Å². The molecule has 0 aromatic rings. The van der Waals surface area contributed by atoms with Crippen LogP contribution in [0.25, 0.3) is 0 Å². The quantitative estimate of drug-likeness (QED) is 0.398. The molecule has 0 saturated heterocycles. The molecule has 1 rings (SSSR count). The van der Waals surface area contributed by atoms with Crippen molar-refractivity contribution in [3.8, 4) is 0 Å². The molecule has 0 heterocycles. The van der Waals surface area contributed by atoms with Crippen LogP contribution in [0.5, 0.6) is 0 Å². The van der Waals surface area contributed by atoms with E-state index in [1.54, 1.807) is 7.11 Å². The van der Waals surface area contributed by atoms with Gasteiger partial charge in [-0.25, -0.2) is 0 Å². The summed E-state index contributed by atoms with van der Waals surface area (Å²) in [4.78, 5) is 0. The number of hydrogen-bond acceptors (Lipinski definition) is 3. The second kappa shape index (κ2) is 10.5. The fraction of sp³-hybridized carbons (Fsp3) is 1.00. The third kappa shape index (κ3) is 7.59. The zero-order chi connectivity index (χ0) is 12.3. The molecule has 0 spiro atoms. The van der Waals surface area contributed by atoms with Crippen LogP contribution in [-0.4, -0.2) is 43.6 Å². The Balaban J connectivity index is 2.06. The molecular formula is C13H25IO3. The van der Waals surface area contributed by atoms with Crippen molar-refractivity contribution >= 4 is 22.6 Å². The third-order valence-corrected chi connectivity index (χ3v) is 4.54. The molecule has 1 aliphatic rings. The second-order valence-electron chi connectivity index (χ2n) is 4.52. The van der Waals surface area contributed by atoms with Crippen LogP contribution >= 0.6 is 22.6 Å². The van der Waals surface area contributed by atoms with Crippen molar-refractivity contribution in [2.24, 2.45) is 0 Å². The Labute approximate surface area is 119 Å². The van der Waals surface area contributed by atoms with Gasteiger partial charge in [0.2, 0.25) is 0 Å². The Hall–Kier alpha value is 0.610. The minimum absolute atomic E-state index is 0.432. The van der Waals surface area contributed by atoms with E-state index in [4.69, 9.17) is 14.2 Å². The molecule has 1 fully saturated rings. The highest BCUT2D eigenvalue weighted by molar-refractivity contribution is 14.1. The van der Waals surface area contributed by atoms with Crippen LogP contribution < -0.4 is 0 Å². The molecule has 102 valence electrons. The fourth-order valence-electron chi connectivity index (χ4n) is 2.10. The van der Waals surface area contributed by atoms with E-state index in [9.17, 15) is 0 Å². The summed E-state index contributed by atoms with van der Waals surface area (Å²) in [5.74, 6) is 0. The van der Waals surface area contributed by atoms with Crippen molar-refractivity contribution < 1.29 is 14.2 Å². The molecule has 2 atom stereocenters. The van der Waals surface area contributed by atoms with E-state index in [-0.39, 0.29) is 0 Å². The molecule has 2 unspecified atom stereocenters. The molecule has 0 amide bonds. The fourth-order valence-corrected chi connectivity index (χ4v) is 3.10. The topological polar surface area (TPSA) is 27.7 Å². The van der Waals surface area contributed by atoms with Gasteiger partial charge in [0.05, 0.1) is 32.5 Å². The number of methoxy groups -OCH3 is 1. The van der Waals surface area contributed by atoms with Crippen molar-refractivity contribution in [3.05, 3.63) is 0 Å². The summed E-state index contributed by atoms with van der Waals surface area (Å²) < 4.78 is 16.9. The van der Waals surface area contributed by atoms with Gasteiger partial charge in [0.25, 0.3) is 0 Å². The van der Waals surface area contributed by atoms with E-state index < -0.39 is 0 Å². The SMILES string of the molecule is COCCOCCOC1CCCCCCC1I. The molecule has 1 aliphatic carbocycles. The number of alkyl halides is 1. The Morgan fingerprint density at radius 1 is 0.941 bits per heavy atom. The summed E-state index contributed by atoms with van der Waals surface area (Å²) in [7, 11) is 1.69. The number of halogens is 1. The first-order valence-electron chi connectivity index (χ1n) is 6.67. The zero-order valence-electron chi connectivity index (χ0n) is 10.8. The normalized spacial score (nSPS) is 26.5. The van der Waals surface area contributed by atoms with E-state index in [2.05, 4.69) is 22.6 Å². The van der Waals surface area contributed by atoms with Gasteiger partial charge in [-0.2, -0.15) is 0 Å². The number of hydrogen-bond donors (Lipinski definition) is 0. The molecule has 0 aliphatic heterocycles. The van der Waals surface area contributed by atoms with Gasteiger partial charge in [-0.05, 0) is 12.8 Å². The van der Waals surface area contributed by atoms with Crippen molar-refractivity contribution in [1.29, 1.82) is 0 Å². The molecule has 17 heavy (non-hydrogen) atoms. The lowest BCUT2D eigenvalue weighted by Gasteiger charge is -2.25.